The van der Waals surface area contributed by atoms with Gasteiger partial charge in [-0.05, 0) is 87.3 Å². The van der Waals surface area contributed by atoms with Gasteiger partial charge in [-0.1, -0.05) is 103 Å². The molecule has 2 heterocycles. The average Bonchev–Trinajstić information content (AvgIpc) is 3.75. The molecule has 10 rings (SSSR count). The lowest BCUT2D eigenvalue weighted by Crippen LogP contribution is -2.09. The Kier molecular flexibility index (Phi) is 6.15. The van der Waals surface area contributed by atoms with Crippen LogP contribution >= 0.6 is 0 Å². The third-order valence-electron chi connectivity index (χ3n) is 9.46. The fourth-order valence-corrected chi connectivity index (χ4v) is 7.05. The van der Waals surface area contributed by atoms with Crippen molar-refractivity contribution in [3.63, 3.8) is 0 Å². The molecule has 0 fully saturated rings. The minimum atomic E-state index is 0.604. The van der Waals surface area contributed by atoms with Crippen molar-refractivity contribution in [2.45, 2.75) is 0 Å². The summed E-state index contributed by atoms with van der Waals surface area (Å²) in [6.07, 6.45) is 0. The van der Waals surface area contributed by atoms with Crippen molar-refractivity contribution in [1.29, 1.82) is 0 Å². The van der Waals surface area contributed by atoms with E-state index >= 15 is 0 Å². The molecule has 0 bridgehead atoms. The molecule has 49 heavy (non-hydrogen) atoms. The van der Waals surface area contributed by atoms with Crippen LogP contribution in [0.15, 0.2) is 179 Å². The quantitative estimate of drug-likeness (QED) is 0.178. The SMILES string of the molecule is c1ccc(-c2ccc(N(c3ccc4c(ccc5ccccc54)c3)c3ccc4c(c3)oc3cc5nc(-c6ccccc6)oc5cc34)cc2)cc1. The second-order valence-corrected chi connectivity index (χ2v) is 12.4. The van der Waals surface area contributed by atoms with Crippen molar-refractivity contribution in [3.8, 4) is 22.6 Å². The van der Waals surface area contributed by atoms with Crippen molar-refractivity contribution in [3.05, 3.63) is 170 Å². The Hall–Kier alpha value is -6.65. The maximum Gasteiger partial charge on any atom is 0.227 e. The summed E-state index contributed by atoms with van der Waals surface area (Å²) in [5.74, 6) is 0.604. The summed E-state index contributed by atoms with van der Waals surface area (Å²) in [6, 6.07) is 59.4. The monoisotopic (exact) mass is 628 g/mol. The summed E-state index contributed by atoms with van der Waals surface area (Å²) in [4.78, 5) is 7.07. The van der Waals surface area contributed by atoms with Crippen LogP contribution < -0.4 is 4.90 Å². The zero-order chi connectivity index (χ0) is 32.3. The van der Waals surface area contributed by atoms with Crippen LogP contribution in [-0.4, -0.2) is 4.98 Å². The second-order valence-electron chi connectivity index (χ2n) is 12.4. The molecule has 230 valence electrons. The maximum absolute atomic E-state index is 6.53. The van der Waals surface area contributed by atoms with Gasteiger partial charge in [0, 0.05) is 45.5 Å². The molecule has 0 radical (unpaired) electrons. The lowest BCUT2D eigenvalue weighted by atomic mass is 10.0. The lowest BCUT2D eigenvalue weighted by Gasteiger charge is -2.26. The Balaban J connectivity index is 1.11. The molecular weight excluding hydrogens is 601 g/mol. The number of anilines is 3. The summed E-state index contributed by atoms with van der Waals surface area (Å²) < 4.78 is 12.7. The van der Waals surface area contributed by atoms with E-state index in [4.69, 9.17) is 13.8 Å². The first kappa shape index (κ1) is 27.5. The van der Waals surface area contributed by atoms with Gasteiger partial charge in [0.1, 0.15) is 16.7 Å². The number of benzene rings is 8. The Bertz CT molecular complexity index is 2820. The zero-order valence-corrected chi connectivity index (χ0v) is 26.4. The highest BCUT2D eigenvalue weighted by Gasteiger charge is 2.18. The molecule has 0 aliphatic heterocycles. The Morgan fingerprint density at radius 1 is 0.367 bits per heavy atom. The van der Waals surface area contributed by atoms with Gasteiger partial charge in [-0.25, -0.2) is 4.98 Å². The summed E-state index contributed by atoms with van der Waals surface area (Å²) in [6.45, 7) is 0. The topological polar surface area (TPSA) is 42.4 Å². The molecule has 0 saturated carbocycles. The van der Waals surface area contributed by atoms with E-state index in [2.05, 4.69) is 126 Å². The molecule has 0 atom stereocenters. The van der Waals surface area contributed by atoms with Crippen molar-refractivity contribution in [2.75, 3.05) is 4.90 Å². The van der Waals surface area contributed by atoms with Gasteiger partial charge in [0.15, 0.2) is 5.58 Å². The Morgan fingerprint density at radius 3 is 1.80 bits per heavy atom. The highest BCUT2D eigenvalue weighted by molar-refractivity contribution is 6.11. The minimum Gasteiger partial charge on any atom is -0.456 e. The predicted octanol–water partition coefficient (Wildman–Crippen LogP) is 12.8. The number of aromatic nitrogens is 1. The molecule has 8 aromatic carbocycles. The summed E-state index contributed by atoms with van der Waals surface area (Å²) in [5.41, 5.74) is 9.55. The van der Waals surface area contributed by atoms with E-state index in [0.29, 0.717) is 5.89 Å². The van der Waals surface area contributed by atoms with Gasteiger partial charge in [-0.2, -0.15) is 0 Å². The Labute approximate surface area is 282 Å². The first-order chi connectivity index (χ1) is 24.2. The van der Waals surface area contributed by atoms with E-state index in [9.17, 15) is 0 Å². The Morgan fingerprint density at radius 2 is 0.980 bits per heavy atom. The fraction of sp³-hybridized carbons (Fsp3) is 0. The molecule has 2 aromatic heterocycles. The molecule has 0 saturated heterocycles. The fourth-order valence-electron chi connectivity index (χ4n) is 7.05. The largest absolute Gasteiger partial charge is 0.456 e. The van der Waals surface area contributed by atoms with Gasteiger partial charge in [0.05, 0.1) is 0 Å². The molecule has 0 aliphatic carbocycles. The molecule has 0 N–H and O–H groups in total. The van der Waals surface area contributed by atoms with Gasteiger partial charge in [0.25, 0.3) is 0 Å². The van der Waals surface area contributed by atoms with Gasteiger partial charge >= 0.3 is 0 Å². The van der Waals surface area contributed by atoms with E-state index in [1.54, 1.807) is 0 Å². The van der Waals surface area contributed by atoms with Crippen LogP contribution in [0, 0.1) is 0 Å². The predicted molar refractivity (Wildman–Crippen MR) is 202 cm³/mol. The van der Waals surface area contributed by atoms with Crippen LogP contribution in [-0.2, 0) is 0 Å². The molecule has 4 heteroatoms. The maximum atomic E-state index is 6.53. The van der Waals surface area contributed by atoms with Crippen LogP contribution in [0.1, 0.15) is 0 Å². The molecule has 0 aliphatic rings. The van der Waals surface area contributed by atoms with Gasteiger partial charge in [-0.3, -0.25) is 0 Å². The van der Waals surface area contributed by atoms with Crippen LogP contribution in [0.5, 0.6) is 0 Å². The van der Waals surface area contributed by atoms with Crippen LogP contribution in [0.2, 0.25) is 0 Å². The molecule has 4 nitrogen and oxygen atoms in total. The highest BCUT2D eigenvalue weighted by atomic mass is 16.4. The standard InChI is InChI=1S/C45H28N2O2/c1-3-9-29(10-4-1)30-17-19-34(20-18-30)47(35-21-23-38-33(25-35)16-15-31-11-7-8-14-37(31)38)36-22-24-39-40-27-44-41(28-43(40)48-42(39)26-36)46-45(49-44)32-12-5-2-6-13-32/h1-28H. The number of hydrogen-bond donors (Lipinski definition) is 0. The summed E-state index contributed by atoms with van der Waals surface area (Å²) in [7, 11) is 0. The molecule has 0 spiro atoms. The number of fused-ring (bicyclic) bond motifs is 7. The number of oxazole rings is 1. The van der Waals surface area contributed by atoms with Gasteiger partial charge in [0.2, 0.25) is 5.89 Å². The average molecular weight is 629 g/mol. The van der Waals surface area contributed by atoms with E-state index in [1.807, 2.05) is 48.5 Å². The molecule has 0 unspecified atom stereocenters. The normalized spacial score (nSPS) is 11.7. The summed E-state index contributed by atoms with van der Waals surface area (Å²) in [5, 5.41) is 6.96. The van der Waals surface area contributed by atoms with Gasteiger partial charge < -0.3 is 13.7 Å². The smallest absolute Gasteiger partial charge is 0.227 e. The third kappa shape index (κ3) is 4.65. The van der Waals surface area contributed by atoms with E-state index in [0.717, 1.165) is 55.7 Å². The first-order valence-electron chi connectivity index (χ1n) is 16.4. The lowest BCUT2D eigenvalue weighted by molar-refractivity contribution is 0.620. The highest BCUT2D eigenvalue weighted by Crippen LogP contribution is 2.41. The molecule has 0 amide bonds. The second kappa shape index (κ2) is 11.0. The van der Waals surface area contributed by atoms with Gasteiger partial charge in [-0.15, -0.1) is 0 Å². The van der Waals surface area contributed by atoms with Crippen molar-refractivity contribution in [1.82, 2.24) is 4.98 Å². The van der Waals surface area contributed by atoms with Crippen LogP contribution in [0.4, 0.5) is 17.1 Å². The van der Waals surface area contributed by atoms with E-state index < -0.39 is 0 Å². The molecular formula is C45H28N2O2. The first-order valence-corrected chi connectivity index (χ1v) is 16.4. The number of hydrogen-bond acceptors (Lipinski definition) is 4. The number of nitrogens with zero attached hydrogens (tertiary/aromatic N) is 2. The van der Waals surface area contributed by atoms with Crippen LogP contribution in [0.25, 0.3) is 77.2 Å². The van der Waals surface area contributed by atoms with Crippen molar-refractivity contribution < 1.29 is 8.83 Å². The van der Waals surface area contributed by atoms with Crippen molar-refractivity contribution in [2.24, 2.45) is 0 Å². The minimum absolute atomic E-state index is 0.604. The summed E-state index contributed by atoms with van der Waals surface area (Å²) >= 11 is 0. The number of rotatable bonds is 5. The van der Waals surface area contributed by atoms with Crippen LogP contribution in [0.3, 0.4) is 0 Å². The molecule has 10 aromatic rings. The number of furan rings is 1. The van der Waals surface area contributed by atoms with Crippen molar-refractivity contribution >= 4 is 71.6 Å². The third-order valence-corrected chi connectivity index (χ3v) is 9.46. The zero-order valence-electron chi connectivity index (χ0n) is 26.4. The van der Waals surface area contributed by atoms with E-state index in [-0.39, 0.29) is 0 Å². The van der Waals surface area contributed by atoms with E-state index in [1.165, 1.54) is 32.7 Å².